The first kappa shape index (κ1) is 16.3. The fourth-order valence-corrected chi connectivity index (χ4v) is 2.15. The molecule has 0 aliphatic carbocycles. The van der Waals surface area contributed by atoms with Gasteiger partial charge in [0.2, 0.25) is 0 Å². The molecule has 0 aliphatic rings. The lowest BCUT2D eigenvalue weighted by Crippen LogP contribution is -2.27. The van der Waals surface area contributed by atoms with E-state index in [2.05, 4.69) is 10.6 Å². The number of pyridine rings is 1. The molecular weight excluding hydrogens is 322 g/mol. The zero-order valence-corrected chi connectivity index (χ0v) is 13.1. The van der Waals surface area contributed by atoms with Gasteiger partial charge >= 0.3 is 0 Å². The van der Waals surface area contributed by atoms with Crippen molar-refractivity contribution in [3.8, 4) is 0 Å². The molecular formula is C18H15N3O4. The van der Waals surface area contributed by atoms with Gasteiger partial charge in [0.15, 0.2) is 18.2 Å². The van der Waals surface area contributed by atoms with Crippen LogP contribution in [0.1, 0.15) is 26.5 Å². The van der Waals surface area contributed by atoms with E-state index in [-0.39, 0.29) is 17.6 Å². The van der Waals surface area contributed by atoms with Gasteiger partial charge < -0.3 is 20.3 Å². The molecule has 7 heteroatoms. The molecule has 0 saturated carbocycles. The monoisotopic (exact) mass is 337 g/mol. The summed E-state index contributed by atoms with van der Waals surface area (Å²) >= 11 is 0. The third kappa shape index (κ3) is 4.23. The molecule has 3 rings (SSSR count). The Hall–Kier alpha value is -3.61. The van der Waals surface area contributed by atoms with Crippen LogP contribution in [-0.2, 0) is 6.54 Å². The largest absolute Gasteiger partial charge is 0.619 e. The number of amides is 2. The number of anilines is 1. The Bertz CT molecular complexity index is 856. The quantitative estimate of drug-likeness (QED) is 0.550. The Balaban J connectivity index is 1.54. The molecule has 0 atom stereocenters. The summed E-state index contributed by atoms with van der Waals surface area (Å²) in [5.74, 6) is -0.361. The summed E-state index contributed by atoms with van der Waals surface area (Å²) in [5, 5.41) is 16.4. The lowest BCUT2D eigenvalue weighted by Gasteiger charge is -2.07. The smallest absolute Gasteiger partial charge is 0.291 e. The van der Waals surface area contributed by atoms with Crippen LogP contribution < -0.4 is 15.4 Å². The minimum absolute atomic E-state index is 0.235. The number of nitrogens with one attached hydrogen (secondary N) is 2. The highest BCUT2D eigenvalue weighted by Crippen LogP contribution is 2.12. The van der Waals surface area contributed by atoms with Gasteiger partial charge in [0.25, 0.3) is 11.8 Å². The molecule has 2 amide bonds. The molecule has 0 saturated heterocycles. The van der Waals surface area contributed by atoms with E-state index < -0.39 is 0 Å². The number of hydrogen-bond donors (Lipinski definition) is 2. The first-order valence-corrected chi connectivity index (χ1v) is 7.52. The number of hydrogen-bond acceptors (Lipinski definition) is 4. The van der Waals surface area contributed by atoms with Gasteiger partial charge in [-0.2, -0.15) is 4.73 Å². The SMILES string of the molecule is O=C(NCc1ccc(NC(=O)c2ccco2)cc1)c1cc[n+]([O-])cc1. The van der Waals surface area contributed by atoms with Crippen molar-refractivity contribution in [3.63, 3.8) is 0 Å². The Labute approximate surface area is 143 Å². The van der Waals surface area contributed by atoms with Crippen molar-refractivity contribution in [3.05, 3.63) is 89.3 Å². The minimum Gasteiger partial charge on any atom is -0.619 e. The number of benzene rings is 1. The minimum atomic E-state index is -0.328. The third-order valence-electron chi connectivity index (χ3n) is 3.47. The maximum atomic E-state index is 12.0. The average Bonchev–Trinajstić information content (AvgIpc) is 3.16. The summed E-state index contributed by atoms with van der Waals surface area (Å²) in [6, 6.07) is 13.2. The number of carbonyl (C=O) groups excluding carboxylic acids is 2. The van der Waals surface area contributed by atoms with E-state index in [1.54, 1.807) is 36.4 Å². The summed E-state index contributed by atoms with van der Waals surface area (Å²) in [4.78, 5) is 23.9. The second-order valence-corrected chi connectivity index (χ2v) is 5.26. The zero-order valence-electron chi connectivity index (χ0n) is 13.1. The molecule has 126 valence electrons. The van der Waals surface area contributed by atoms with E-state index in [9.17, 15) is 14.8 Å². The topological polar surface area (TPSA) is 98.3 Å². The zero-order chi connectivity index (χ0) is 17.6. The fraction of sp³-hybridized carbons (Fsp3) is 0.0556. The van der Waals surface area contributed by atoms with E-state index in [0.717, 1.165) is 5.56 Å². The van der Waals surface area contributed by atoms with Gasteiger partial charge in [-0.3, -0.25) is 9.59 Å². The predicted molar refractivity (Wildman–Crippen MR) is 89.7 cm³/mol. The summed E-state index contributed by atoms with van der Waals surface area (Å²) in [6.45, 7) is 0.331. The van der Waals surface area contributed by atoms with Crippen LogP contribution in [0.5, 0.6) is 0 Å². The molecule has 2 N–H and O–H groups in total. The van der Waals surface area contributed by atoms with E-state index >= 15 is 0 Å². The highest BCUT2D eigenvalue weighted by molar-refractivity contribution is 6.02. The van der Waals surface area contributed by atoms with Gasteiger partial charge in [0.1, 0.15) is 0 Å². The van der Waals surface area contributed by atoms with Gasteiger partial charge in [0, 0.05) is 24.4 Å². The number of aromatic nitrogens is 1. The predicted octanol–water partition coefficient (Wildman–Crippen LogP) is 2.10. The maximum Gasteiger partial charge on any atom is 0.291 e. The van der Waals surface area contributed by atoms with Gasteiger partial charge in [-0.05, 0) is 29.8 Å². The Morgan fingerprint density at radius 3 is 2.36 bits per heavy atom. The van der Waals surface area contributed by atoms with Gasteiger partial charge in [-0.15, -0.1) is 0 Å². The van der Waals surface area contributed by atoms with E-state index in [1.165, 1.54) is 30.8 Å². The second-order valence-electron chi connectivity index (χ2n) is 5.26. The van der Waals surface area contributed by atoms with E-state index in [4.69, 9.17) is 4.42 Å². The Morgan fingerprint density at radius 2 is 1.72 bits per heavy atom. The molecule has 2 aromatic heterocycles. The summed E-state index contributed by atoms with van der Waals surface area (Å²) < 4.78 is 5.64. The van der Waals surface area contributed by atoms with Crippen LogP contribution in [0.15, 0.2) is 71.6 Å². The highest BCUT2D eigenvalue weighted by atomic mass is 16.5. The summed E-state index contributed by atoms with van der Waals surface area (Å²) in [6.07, 6.45) is 3.97. The van der Waals surface area contributed by atoms with Crippen LogP contribution >= 0.6 is 0 Å². The third-order valence-corrected chi connectivity index (χ3v) is 3.47. The fourth-order valence-electron chi connectivity index (χ4n) is 2.15. The number of carbonyl (C=O) groups is 2. The first-order chi connectivity index (χ1) is 12.1. The summed E-state index contributed by atoms with van der Waals surface area (Å²) in [7, 11) is 0. The van der Waals surface area contributed by atoms with Crippen molar-refractivity contribution in [2.75, 3.05) is 5.32 Å². The maximum absolute atomic E-state index is 12.0. The number of rotatable bonds is 5. The van der Waals surface area contributed by atoms with E-state index in [1.807, 2.05) is 0 Å². The lowest BCUT2D eigenvalue weighted by molar-refractivity contribution is -0.605. The van der Waals surface area contributed by atoms with Crippen molar-refractivity contribution in [1.82, 2.24) is 5.32 Å². The molecule has 2 heterocycles. The van der Waals surface area contributed by atoms with Crippen LogP contribution in [0.4, 0.5) is 5.69 Å². The van der Waals surface area contributed by atoms with Crippen molar-refractivity contribution in [2.45, 2.75) is 6.54 Å². The summed E-state index contributed by atoms with van der Waals surface area (Å²) in [5.41, 5.74) is 1.91. The molecule has 3 aromatic rings. The molecule has 25 heavy (non-hydrogen) atoms. The van der Waals surface area contributed by atoms with Crippen molar-refractivity contribution < 1.29 is 18.7 Å². The molecule has 0 fully saturated rings. The molecule has 0 unspecified atom stereocenters. The number of furan rings is 1. The van der Waals surface area contributed by atoms with Crippen molar-refractivity contribution in [1.29, 1.82) is 0 Å². The van der Waals surface area contributed by atoms with Crippen LogP contribution in [0.25, 0.3) is 0 Å². The van der Waals surface area contributed by atoms with Crippen molar-refractivity contribution in [2.24, 2.45) is 0 Å². The second kappa shape index (κ2) is 7.31. The standard InChI is InChI=1S/C18H15N3O4/c22-17(14-7-9-21(24)10-8-14)19-12-13-3-5-15(6-4-13)20-18(23)16-2-1-11-25-16/h1-11H,12H2,(H,19,22)(H,20,23). The Morgan fingerprint density at radius 1 is 1.00 bits per heavy atom. The van der Waals surface area contributed by atoms with Crippen molar-refractivity contribution >= 4 is 17.5 Å². The van der Waals surface area contributed by atoms with Crippen LogP contribution in [0, 0.1) is 5.21 Å². The molecule has 0 aliphatic heterocycles. The van der Waals surface area contributed by atoms with E-state index in [0.29, 0.717) is 22.5 Å². The molecule has 0 radical (unpaired) electrons. The normalized spacial score (nSPS) is 10.2. The van der Waals surface area contributed by atoms with Gasteiger partial charge in [-0.1, -0.05) is 12.1 Å². The van der Waals surface area contributed by atoms with Gasteiger partial charge in [-0.25, -0.2) is 0 Å². The average molecular weight is 337 g/mol. The Kier molecular flexibility index (Phi) is 4.75. The molecule has 0 bridgehead atoms. The number of nitrogens with zero attached hydrogens (tertiary/aromatic N) is 1. The molecule has 7 nitrogen and oxygen atoms in total. The lowest BCUT2D eigenvalue weighted by atomic mass is 10.2. The van der Waals surface area contributed by atoms with Gasteiger partial charge in [0.05, 0.1) is 11.8 Å². The molecule has 1 aromatic carbocycles. The highest BCUT2D eigenvalue weighted by Gasteiger charge is 2.09. The van der Waals surface area contributed by atoms with Crippen LogP contribution in [0.2, 0.25) is 0 Å². The van der Waals surface area contributed by atoms with Crippen LogP contribution in [-0.4, -0.2) is 11.8 Å². The van der Waals surface area contributed by atoms with Crippen LogP contribution in [0.3, 0.4) is 0 Å². The first-order valence-electron chi connectivity index (χ1n) is 7.52. The molecule has 0 spiro atoms.